The van der Waals surface area contributed by atoms with Crippen molar-refractivity contribution in [2.75, 3.05) is 0 Å². The van der Waals surface area contributed by atoms with E-state index in [0.717, 1.165) is 10.2 Å². The van der Waals surface area contributed by atoms with Crippen LogP contribution in [0.1, 0.15) is 43.0 Å². The Labute approximate surface area is 143 Å². The second kappa shape index (κ2) is 7.78. The summed E-state index contributed by atoms with van der Waals surface area (Å²) in [6.45, 7) is 4.22. The number of aryl methyl sites for hydroxylation is 1. The van der Waals surface area contributed by atoms with Crippen LogP contribution in [0.15, 0.2) is 34.2 Å². The number of carboxylic acid groups (broad SMARTS) is 1. The minimum atomic E-state index is -1.00. The van der Waals surface area contributed by atoms with Crippen molar-refractivity contribution in [2.45, 2.75) is 32.6 Å². The van der Waals surface area contributed by atoms with E-state index >= 15 is 0 Å². The molecule has 1 aromatic carbocycles. The molecule has 0 unspecified atom stereocenters. The van der Waals surface area contributed by atoms with Crippen LogP contribution in [0.25, 0.3) is 0 Å². The van der Waals surface area contributed by atoms with Gasteiger partial charge in [-0.25, -0.2) is 0 Å². The van der Waals surface area contributed by atoms with Crippen molar-refractivity contribution in [1.82, 2.24) is 14.9 Å². The highest BCUT2D eigenvalue weighted by atomic mass is 32.1. The fourth-order valence-electron chi connectivity index (χ4n) is 2.01. The van der Waals surface area contributed by atoms with E-state index in [1.807, 2.05) is 24.3 Å². The van der Waals surface area contributed by atoms with Gasteiger partial charge < -0.3 is 5.11 Å². The van der Waals surface area contributed by atoms with Gasteiger partial charge in [-0.3, -0.25) is 14.7 Å². The minimum absolute atomic E-state index is 0.0128. The molecule has 0 saturated heterocycles. The predicted octanol–water partition coefficient (Wildman–Crippen LogP) is 2.32. The Balaban J connectivity index is 2.28. The molecule has 0 spiro atoms. The number of carboxylic acids is 1. The maximum atomic E-state index is 12.3. The number of aromatic nitrogens is 3. The first kappa shape index (κ1) is 17.7. The zero-order chi connectivity index (χ0) is 17.7. The number of benzene rings is 1. The highest BCUT2D eigenvalue weighted by Crippen LogP contribution is 2.13. The zero-order valence-corrected chi connectivity index (χ0v) is 14.2. The summed E-state index contributed by atoms with van der Waals surface area (Å²) in [4.78, 5) is 22.9. The summed E-state index contributed by atoms with van der Waals surface area (Å²) >= 11 is 5.02. The Morgan fingerprint density at radius 3 is 2.67 bits per heavy atom. The van der Waals surface area contributed by atoms with Crippen molar-refractivity contribution in [1.29, 1.82) is 0 Å². The van der Waals surface area contributed by atoms with E-state index in [2.05, 4.69) is 29.1 Å². The Bertz CT molecular complexity index is 866. The molecule has 0 radical (unpaired) electrons. The Morgan fingerprint density at radius 1 is 1.42 bits per heavy atom. The number of hydrogen-bond acceptors (Lipinski definition) is 5. The minimum Gasteiger partial charge on any atom is -0.481 e. The lowest BCUT2D eigenvalue weighted by molar-refractivity contribution is -0.136. The molecule has 0 fully saturated rings. The van der Waals surface area contributed by atoms with Gasteiger partial charge in [0, 0.05) is 6.42 Å². The van der Waals surface area contributed by atoms with Gasteiger partial charge in [0.15, 0.2) is 0 Å². The van der Waals surface area contributed by atoms with Gasteiger partial charge in [-0.2, -0.15) is 14.9 Å². The molecule has 8 heteroatoms. The molecule has 126 valence electrons. The van der Waals surface area contributed by atoms with Crippen molar-refractivity contribution in [3.8, 4) is 0 Å². The third-order valence-electron chi connectivity index (χ3n) is 3.42. The summed E-state index contributed by atoms with van der Waals surface area (Å²) in [5, 5.41) is 19.1. The van der Waals surface area contributed by atoms with E-state index in [9.17, 15) is 9.59 Å². The van der Waals surface area contributed by atoms with Gasteiger partial charge in [0.1, 0.15) is 5.69 Å². The first-order valence-corrected chi connectivity index (χ1v) is 7.86. The summed E-state index contributed by atoms with van der Waals surface area (Å²) < 4.78 is 1.06. The second-order valence-electron chi connectivity index (χ2n) is 5.55. The van der Waals surface area contributed by atoms with Crippen LogP contribution < -0.4 is 5.56 Å². The maximum absolute atomic E-state index is 12.3. The van der Waals surface area contributed by atoms with Gasteiger partial charge in [0.2, 0.25) is 4.77 Å². The summed E-state index contributed by atoms with van der Waals surface area (Å²) in [6, 6.07) is 7.81. The molecule has 0 aliphatic heterocycles. The van der Waals surface area contributed by atoms with Gasteiger partial charge in [0.25, 0.3) is 5.56 Å². The molecule has 0 aliphatic carbocycles. The first-order chi connectivity index (χ1) is 11.4. The number of H-pyrrole nitrogens is 1. The summed E-state index contributed by atoms with van der Waals surface area (Å²) in [7, 11) is 0. The monoisotopic (exact) mass is 346 g/mol. The van der Waals surface area contributed by atoms with Crippen LogP contribution in [0.3, 0.4) is 0 Å². The number of nitrogens with zero attached hydrogens (tertiary/aromatic N) is 3. The highest BCUT2D eigenvalue weighted by Gasteiger charge is 2.08. The van der Waals surface area contributed by atoms with Crippen LogP contribution in [0.5, 0.6) is 0 Å². The molecule has 0 bridgehead atoms. The van der Waals surface area contributed by atoms with Crippen LogP contribution >= 0.6 is 12.2 Å². The van der Waals surface area contributed by atoms with E-state index in [4.69, 9.17) is 17.3 Å². The first-order valence-electron chi connectivity index (χ1n) is 7.45. The molecule has 2 aromatic rings. The second-order valence-corrected chi connectivity index (χ2v) is 5.94. The molecule has 1 aromatic heterocycles. The Hall–Kier alpha value is -2.61. The van der Waals surface area contributed by atoms with E-state index in [-0.39, 0.29) is 23.3 Å². The van der Waals surface area contributed by atoms with E-state index in [1.165, 1.54) is 11.8 Å². The van der Waals surface area contributed by atoms with Crippen LogP contribution in [0, 0.1) is 4.77 Å². The van der Waals surface area contributed by atoms with E-state index < -0.39 is 11.5 Å². The van der Waals surface area contributed by atoms with Gasteiger partial charge in [-0.1, -0.05) is 38.1 Å². The average Bonchev–Trinajstić information content (AvgIpc) is 2.54. The summed E-state index contributed by atoms with van der Waals surface area (Å²) in [5.41, 5.74) is 1.60. The Kier molecular flexibility index (Phi) is 5.75. The third-order valence-corrected chi connectivity index (χ3v) is 3.68. The molecule has 24 heavy (non-hydrogen) atoms. The lowest BCUT2D eigenvalue weighted by Gasteiger charge is -2.05. The number of aromatic amines is 1. The number of aliphatic carboxylic acids is 1. The molecule has 0 atom stereocenters. The molecule has 1 heterocycles. The largest absolute Gasteiger partial charge is 0.481 e. The molecular formula is C16H18N4O3S. The number of rotatable bonds is 6. The molecule has 7 nitrogen and oxygen atoms in total. The van der Waals surface area contributed by atoms with Gasteiger partial charge >= 0.3 is 5.97 Å². The standard InChI is InChI=1S/C16H18N4O3S/c1-10(2)12-5-3-11(4-6-12)9-17-20-15(23)13(7-8-14(21)22)18-19-16(20)24/h3-6,9-10H,7-8H2,1-2H3,(H,19,24)(H,21,22)/b17-9-. The fourth-order valence-corrected chi connectivity index (χ4v) is 2.19. The SMILES string of the molecule is CC(C)c1ccc(/C=N\n2c(=S)[nH]nc(CCC(=O)O)c2=O)cc1. The molecular weight excluding hydrogens is 328 g/mol. The lowest BCUT2D eigenvalue weighted by atomic mass is 10.0. The zero-order valence-electron chi connectivity index (χ0n) is 13.4. The quantitative estimate of drug-likeness (QED) is 0.617. The molecule has 2 N–H and O–H groups in total. The van der Waals surface area contributed by atoms with Gasteiger partial charge in [0.05, 0.1) is 12.6 Å². The van der Waals surface area contributed by atoms with Crippen LogP contribution in [0.2, 0.25) is 0 Å². The molecule has 0 aliphatic rings. The Morgan fingerprint density at radius 2 is 2.08 bits per heavy atom. The topological polar surface area (TPSA) is 100 Å². The number of carbonyl (C=O) groups is 1. The highest BCUT2D eigenvalue weighted by molar-refractivity contribution is 7.71. The summed E-state index contributed by atoms with van der Waals surface area (Å²) in [5.74, 6) is -0.566. The van der Waals surface area contributed by atoms with Crippen LogP contribution in [-0.4, -0.2) is 32.2 Å². The lowest BCUT2D eigenvalue weighted by Crippen LogP contribution is -2.25. The van der Waals surface area contributed by atoms with E-state index in [0.29, 0.717) is 5.92 Å². The van der Waals surface area contributed by atoms with Crippen molar-refractivity contribution in [3.05, 3.63) is 56.2 Å². The predicted molar refractivity (Wildman–Crippen MR) is 93.2 cm³/mol. The normalized spacial score (nSPS) is 11.3. The van der Waals surface area contributed by atoms with Gasteiger partial charge in [-0.15, -0.1) is 0 Å². The van der Waals surface area contributed by atoms with Crippen molar-refractivity contribution >= 4 is 24.4 Å². The van der Waals surface area contributed by atoms with Crippen molar-refractivity contribution in [3.63, 3.8) is 0 Å². The van der Waals surface area contributed by atoms with Crippen molar-refractivity contribution in [2.24, 2.45) is 5.10 Å². The molecule has 0 amide bonds. The van der Waals surface area contributed by atoms with E-state index in [1.54, 1.807) is 0 Å². The maximum Gasteiger partial charge on any atom is 0.303 e. The number of hydrogen-bond donors (Lipinski definition) is 2. The van der Waals surface area contributed by atoms with Crippen molar-refractivity contribution < 1.29 is 9.90 Å². The average molecular weight is 346 g/mol. The third kappa shape index (κ3) is 4.45. The fraction of sp³-hybridized carbons (Fsp3) is 0.312. The van der Waals surface area contributed by atoms with Crippen LogP contribution in [-0.2, 0) is 11.2 Å². The number of nitrogens with one attached hydrogen (secondary N) is 1. The summed E-state index contributed by atoms with van der Waals surface area (Å²) in [6.07, 6.45) is 1.35. The van der Waals surface area contributed by atoms with Crippen LogP contribution in [0.4, 0.5) is 0 Å². The smallest absolute Gasteiger partial charge is 0.303 e. The van der Waals surface area contributed by atoms with Gasteiger partial charge in [-0.05, 0) is 29.3 Å². The molecule has 2 rings (SSSR count). The molecule has 0 saturated carbocycles.